The minimum Gasteiger partial charge on any atom is -0.426 e. The highest BCUT2D eigenvalue weighted by Gasteiger charge is 2.33. The van der Waals surface area contributed by atoms with E-state index >= 15 is 0 Å². The van der Waals surface area contributed by atoms with Crippen LogP contribution < -0.4 is 14.2 Å². The molecule has 35 heavy (non-hydrogen) atoms. The first-order chi connectivity index (χ1) is 16.7. The molecule has 7 heteroatoms. The molecule has 0 spiro atoms. The standard InChI is InChI=1S/C28H27ClO6/c1-16(30)33-26-23-6-4-5-7-24(23)27(34-17(2)31)28(35-18(3)32)25(26)21-10-8-19(9-11-21)20-12-14-22(29)15-13-20/h4-7,12-15,19,21H,8-11H2,1-3H3/t19-,21-. The van der Waals surface area contributed by atoms with Gasteiger partial charge in [0.2, 0.25) is 0 Å². The van der Waals surface area contributed by atoms with Gasteiger partial charge in [0.05, 0.1) is 0 Å². The highest BCUT2D eigenvalue weighted by atomic mass is 35.5. The number of benzene rings is 3. The van der Waals surface area contributed by atoms with Gasteiger partial charge in [-0.15, -0.1) is 0 Å². The van der Waals surface area contributed by atoms with Gasteiger partial charge >= 0.3 is 17.9 Å². The average molecular weight is 495 g/mol. The van der Waals surface area contributed by atoms with Gasteiger partial charge in [-0.1, -0.05) is 48.0 Å². The molecule has 0 unspecified atom stereocenters. The Morgan fingerprint density at radius 1 is 0.657 bits per heavy atom. The first kappa shape index (κ1) is 24.7. The highest BCUT2D eigenvalue weighted by Crippen LogP contribution is 2.53. The predicted molar refractivity (Wildman–Crippen MR) is 133 cm³/mol. The van der Waals surface area contributed by atoms with E-state index in [1.165, 1.54) is 26.3 Å². The lowest BCUT2D eigenvalue weighted by Crippen LogP contribution is -2.17. The van der Waals surface area contributed by atoms with Gasteiger partial charge in [-0.25, -0.2) is 0 Å². The Labute approximate surface area is 209 Å². The topological polar surface area (TPSA) is 78.9 Å². The van der Waals surface area contributed by atoms with E-state index in [0.717, 1.165) is 25.7 Å². The zero-order chi connectivity index (χ0) is 25.1. The third-order valence-corrected chi connectivity index (χ3v) is 6.58. The Balaban J connectivity index is 1.84. The molecule has 0 amide bonds. The van der Waals surface area contributed by atoms with Crippen LogP contribution in [0.5, 0.6) is 17.2 Å². The van der Waals surface area contributed by atoms with E-state index in [0.29, 0.717) is 33.0 Å². The van der Waals surface area contributed by atoms with Gasteiger partial charge in [-0.3, -0.25) is 14.4 Å². The summed E-state index contributed by atoms with van der Waals surface area (Å²) in [6.07, 6.45) is 3.32. The fourth-order valence-corrected chi connectivity index (χ4v) is 5.06. The molecule has 0 N–H and O–H groups in total. The summed E-state index contributed by atoms with van der Waals surface area (Å²) in [4.78, 5) is 36.3. The van der Waals surface area contributed by atoms with Crippen LogP contribution in [-0.4, -0.2) is 17.9 Å². The molecule has 0 radical (unpaired) electrons. The molecular weight excluding hydrogens is 468 g/mol. The predicted octanol–water partition coefficient (Wildman–Crippen LogP) is 6.71. The Bertz CT molecular complexity index is 1270. The second-order valence-corrected chi connectivity index (χ2v) is 9.26. The molecule has 3 aromatic carbocycles. The summed E-state index contributed by atoms with van der Waals surface area (Å²) in [6, 6.07) is 15.1. The lowest BCUT2D eigenvalue weighted by Gasteiger charge is -2.31. The quantitative estimate of drug-likeness (QED) is 0.289. The molecule has 0 aliphatic heterocycles. The number of rotatable bonds is 5. The van der Waals surface area contributed by atoms with Crippen LogP contribution in [-0.2, 0) is 14.4 Å². The second-order valence-electron chi connectivity index (χ2n) is 8.83. The van der Waals surface area contributed by atoms with Gasteiger partial charge in [0.1, 0.15) is 5.75 Å². The van der Waals surface area contributed by atoms with Crippen LogP contribution in [0.15, 0.2) is 48.5 Å². The van der Waals surface area contributed by atoms with E-state index in [9.17, 15) is 14.4 Å². The number of esters is 3. The maximum absolute atomic E-state index is 12.1. The van der Waals surface area contributed by atoms with Crippen molar-refractivity contribution >= 4 is 40.3 Å². The summed E-state index contributed by atoms with van der Waals surface area (Å²) < 4.78 is 17.0. The maximum atomic E-state index is 12.1. The monoisotopic (exact) mass is 494 g/mol. The molecule has 1 aliphatic rings. The number of carbonyl (C=O) groups excluding carboxylic acids is 3. The molecule has 1 fully saturated rings. The van der Waals surface area contributed by atoms with E-state index in [1.54, 1.807) is 18.2 Å². The van der Waals surface area contributed by atoms with Crippen LogP contribution in [0.1, 0.15) is 69.4 Å². The van der Waals surface area contributed by atoms with Gasteiger partial charge in [-0.05, 0) is 55.2 Å². The van der Waals surface area contributed by atoms with E-state index in [4.69, 9.17) is 25.8 Å². The minimum atomic E-state index is -0.557. The third kappa shape index (κ3) is 5.49. The van der Waals surface area contributed by atoms with Crippen molar-refractivity contribution in [1.82, 2.24) is 0 Å². The average Bonchev–Trinajstić information content (AvgIpc) is 2.81. The lowest BCUT2D eigenvalue weighted by atomic mass is 9.75. The number of ether oxygens (including phenoxy) is 3. The molecule has 4 rings (SSSR count). The van der Waals surface area contributed by atoms with Crippen LogP contribution in [0.4, 0.5) is 0 Å². The SMILES string of the molecule is CC(=O)Oc1c(OC(C)=O)c([C@H]2CC[C@H](c3ccc(Cl)cc3)CC2)c(OC(C)=O)c2ccccc12. The summed E-state index contributed by atoms with van der Waals surface area (Å²) in [5, 5.41) is 1.84. The lowest BCUT2D eigenvalue weighted by molar-refractivity contribution is -0.134. The minimum absolute atomic E-state index is 0.0684. The summed E-state index contributed by atoms with van der Waals surface area (Å²) in [6.45, 7) is 3.92. The van der Waals surface area contributed by atoms with Crippen molar-refractivity contribution in [2.24, 2.45) is 0 Å². The van der Waals surface area contributed by atoms with Gasteiger partial charge in [0.15, 0.2) is 11.5 Å². The van der Waals surface area contributed by atoms with Gasteiger partial charge in [-0.2, -0.15) is 0 Å². The summed E-state index contributed by atoms with van der Waals surface area (Å²) in [5.74, 6) is -0.644. The highest BCUT2D eigenvalue weighted by molar-refractivity contribution is 6.30. The van der Waals surface area contributed by atoms with Crippen molar-refractivity contribution in [1.29, 1.82) is 0 Å². The molecule has 6 nitrogen and oxygen atoms in total. The van der Waals surface area contributed by atoms with Gasteiger partial charge in [0, 0.05) is 42.1 Å². The first-order valence-electron chi connectivity index (χ1n) is 11.6. The van der Waals surface area contributed by atoms with Crippen molar-refractivity contribution in [3.8, 4) is 17.2 Å². The number of carbonyl (C=O) groups is 3. The van der Waals surface area contributed by atoms with Crippen molar-refractivity contribution < 1.29 is 28.6 Å². The normalized spacial score (nSPS) is 17.6. The fourth-order valence-electron chi connectivity index (χ4n) is 4.94. The number of halogens is 1. The zero-order valence-electron chi connectivity index (χ0n) is 19.9. The van der Waals surface area contributed by atoms with Gasteiger partial charge < -0.3 is 14.2 Å². The Hall–Kier alpha value is -3.38. The number of hydrogen-bond donors (Lipinski definition) is 0. The van der Waals surface area contributed by atoms with Crippen molar-refractivity contribution in [2.75, 3.05) is 0 Å². The first-order valence-corrected chi connectivity index (χ1v) is 12.0. The summed E-state index contributed by atoms with van der Waals surface area (Å²) >= 11 is 6.05. The van der Waals surface area contributed by atoms with Gasteiger partial charge in [0.25, 0.3) is 0 Å². The number of hydrogen-bond acceptors (Lipinski definition) is 6. The van der Waals surface area contributed by atoms with E-state index in [-0.39, 0.29) is 17.4 Å². The van der Waals surface area contributed by atoms with E-state index in [2.05, 4.69) is 12.1 Å². The molecule has 0 saturated heterocycles. The smallest absolute Gasteiger partial charge is 0.308 e. The number of fused-ring (bicyclic) bond motifs is 1. The van der Waals surface area contributed by atoms with Crippen molar-refractivity contribution in [3.63, 3.8) is 0 Å². The molecule has 182 valence electrons. The van der Waals surface area contributed by atoms with Crippen molar-refractivity contribution in [3.05, 3.63) is 64.7 Å². The fraction of sp³-hybridized carbons (Fsp3) is 0.321. The summed E-state index contributed by atoms with van der Waals surface area (Å²) in [5.41, 5.74) is 1.81. The van der Waals surface area contributed by atoms with Crippen LogP contribution in [0.25, 0.3) is 10.8 Å². The molecule has 0 heterocycles. The Morgan fingerprint density at radius 3 is 1.66 bits per heavy atom. The van der Waals surface area contributed by atoms with Crippen LogP contribution in [0, 0.1) is 0 Å². The second kappa shape index (κ2) is 10.5. The molecule has 1 aliphatic carbocycles. The third-order valence-electron chi connectivity index (χ3n) is 6.33. The molecule has 0 bridgehead atoms. The maximum Gasteiger partial charge on any atom is 0.308 e. The Kier molecular flexibility index (Phi) is 7.41. The molecule has 0 atom stereocenters. The van der Waals surface area contributed by atoms with Crippen molar-refractivity contribution in [2.45, 2.75) is 58.3 Å². The molecule has 0 aromatic heterocycles. The largest absolute Gasteiger partial charge is 0.426 e. The van der Waals surface area contributed by atoms with E-state index in [1.807, 2.05) is 18.2 Å². The summed E-state index contributed by atoms with van der Waals surface area (Å²) in [7, 11) is 0. The zero-order valence-corrected chi connectivity index (χ0v) is 20.7. The molecular formula is C28H27ClO6. The molecule has 3 aromatic rings. The van der Waals surface area contributed by atoms with E-state index < -0.39 is 17.9 Å². The Morgan fingerprint density at radius 2 is 1.11 bits per heavy atom. The van der Waals surface area contributed by atoms with Crippen LogP contribution in [0.2, 0.25) is 5.02 Å². The van der Waals surface area contributed by atoms with Crippen LogP contribution >= 0.6 is 11.6 Å². The van der Waals surface area contributed by atoms with Crippen LogP contribution in [0.3, 0.4) is 0 Å². The molecule has 1 saturated carbocycles.